The van der Waals surface area contributed by atoms with Gasteiger partial charge in [-0.2, -0.15) is 13.2 Å². The van der Waals surface area contributed by atoms with Crippen molar-refractivity contribution in [3.63, 3.8) is 0 Å². The Morgan fingerprint density at radius 2 is 1.71 bits per heavy atom. The predicted molar refractivity (Wildman–Crippen MR) is 109 cm³/mol. The maximum Gasteiger partial charge on any atom is 0.471 e. The molecule has 0 unspecified atom stereocenters. The Morgan fingerprint density at radius 1 is 1.06 bits per heavy atom. The molecule has 1 saturated heterocycles. The van der Waals surface area contributed by atoms with Crippen molar-refractivity contribution in [2.45, 2.75) is 70.1 Å². The number of amides is 1. The van der Waals surface area contributed by atoms with Gasteiger partial charge in [0.25, 0.3) is 0 Å². The average molecular weight is 481 g/mol. The Balaban J connectivity index is 1.54. The molecule has 0 spiro atoms. The van der Waals surface area contributed by atoms with Crippen LogP contribution in [0.3, 0.4) is 0 Å². The smallest absolute Gasteiger partial charge is 0.347 e. The monoisotopic (exact) mass is 481 g/mol. The number of fused-ring (bicyclic) bond motifs is 1. The summed E-state index contributed by atoms with van der Waals surface area (Å²) >= 11 is 0. The van der Waals surface area contributed by atoms with Crippen LogP contribution in [0.4, 0.5) is 13.2 Å². The number of hydrogen-bond donors (Lipinski definition) is 1. The molecule has 34 heavy (non-hydrogen) atoms. The molecule has 2 heterocycles. The lowest BCUT2D eigenvalue weighted by molar-refractivity contribution is -0.269. The van der Waals surface area contributed by atoms with Crippen LogP contribution in [0.5, 0.6) is 0 Å². The Morgan fingerprint density at radius 3 is 2.29 bits per heavy atom. The predicted octanol–water partition coefficient (Wildman–Crippen LogP) is 2.65. The van der Waals surface area contributed by atoms with Gasteiger partial charge in [0.2, 0.25) is 0 Å². The van der Waals surface area contributed by atoms with Gasteiger partial charge < -0.3 is 19.5 Å². The fourth-order valence-electron chi connectivity index (χ4n) is 4.32. The van der Waals surface area contributed by atoms with Crippen molar-refractivity contribution in [3.8, 4) is 0 Å². The zero-order chi connectivity index (χ0) is 24.8. The number of alkyl halides is 3. The molecule has 1 aromatic carbocycles. The van der Waals surface area contributed by atoms with Gasteiger partial charge in [-0.25, -0.2) is 0 Å². The first-order chi connectivity index (χ1) is 16.0. The zero-order valence-electron chi connectivity index (χ0n) is 18.3. The van der Waals surface area contributed by atoms with Gasteiger partial charge in [-0.05, 0) is 20.3 Å². The SMILES string of the molecule is CC(=O)[C@@H]1CC2=C(C(=O)c3ccccc3C2=O)[C@@H](O[C@H]2CC[C@H](NC(=O)C(F)(F)F)[C@H](C)O2)O1. The molecular formula is C23H22F3NO7. The number of carbonyl (C=O) groups excluding carboxylic acids is 4. The molecule has 1 amide bonds. The molecule has 1 aliphatic carbocycles. The van der Waals surface area contributed by atoms with Crippen molar-refractivity contribution in [2.75, 3.05) is 0 Å². The molecule has 2 aliphatic heterocycles. The van der Waals surface area contributed by atoms with Crippen molar-refractivity contribution in [1.82, 2.24) is 5.32 Å². The summed E-state index contributed by atoms with van der Waals surface area (Å²) < 4.78 is 54.9. The molecule has 5 atom stereocenters. The fourth-order valence-corrected chi connectivity index (χ4v) is 4.32. The maximum absolute atomic E-state index is 13.2. The summed E-state index contributed by atoms with van der Waals surface area (Å²) in [5, 5.41) is 1.90. The van der Waals surface area contributed by atoms with Gasteiger partial charge in [0.15, 0.2) is 29.9 Å². The van der Waals surface area contributed by atoms with Crippen molar-refractivity contribution >= 4 is 23.3 Å². The maximum atomic E-state index is 13.2. The van der Waals surface area contributed by atoms with Gasteiger partial charge in [0.05, 0.1) is 17.7 Å². The zero-order valence-corrected chi connectivity index (χ0v) is 18.3. The minimum absolute atomic E-state index is 0.00930. The molecule has 4 rings (SSSR count). The van der Waals surface area contributed by atoms with Gasteiger partial charge >= 0.3 is 12.1 Å². The van der Waals surface area contributed by atoms with E-state index in [1.54, 1.807) is 12.1 Å². The van der Waals surface area contributed by atoms with Crippen LogP contribution < -0.4 is 5.32 Å². The van der Waals surface area contributed by atoms with E-state index < -0.39 is 48.7 Å². The minimum Gasteiger partial charge on any atom is -0.347 e. The molecule has 11 heteroatoms. The first-order valence-electron chi connectivity index (χ1n) is 10.7. The van der Waals surface area contributed by atoms with Crippen molar-refractivity contribution in [1.29, 1.82) is 0 Å². The number of carbonyl (C=O) groups is 4. The molecule has 1 N–H and O–H groups in total. The minimum atomic E-state index is -5.02. The number of Topliss-reactive ketones (excluding diaryl/α,β-unsaturated/α-hetero) is 3. The van der Waals surface area contributed by atoms with Gasteiger partial charge in [-0.3, -0.25) is 19.2 Å². The number of nitrogens with one attached hydrogen (secondary N) is 1. The normalized spacial score (nSPS) is 29.4. The van der Waals surface area contributed by atoms with Crippen LogP contribution in [-0.2, 0) is 23.8 Å². The number of halogens is 3. The van der Waals surface area contributed by atoms with E-state index in [0.717, 1.165) is 0 Å². The van der Waals surface area contributed by atoms with E-state index in [1.165, 1.54) is 26.0 Å². The first kappa shape index (κ1) is 24.2. The second-order valence-electron chi connectivity index (χ2n) is 8.43. The van der Waals surface area contributed by atoms with E-state index in [2.05, 4.69) is 0 Å². The summed E-state index contributed by atoms with van der Waals surface area (Å²) in [4.78, 5) is 49.6. The summed E-state index contributed by atoms with van der Waals surface area (Å²) in [6.07, 6.45) is -9.12. The molecule has 0 bridgehead atoms. The molecule has 182 valence electrons. The highest BCUT2D eigenvalue weighted by Gasteiger charge is 2.45. The van der Waals surface area contributed by atoms with E-state index in [9.17, 15) is 32.3 Å². The number of rotatable bonds is 4. The Bertz CT molecular complexity index is 1080. The van der Waals surface area contributed by atoms with Crippen LogP contribution in [-0.4, -0.2) is 60.3 Å². The van der Waals surface area contributed by atoms with E-state index in [0.29, 0.717) is 0 Å². The molecule has 0 radical (unpaired) electrons. The average Bonchev–Trinajstić information content (AvgIpc) is 2.78. The van der Waals surface area contributed by atoms with E-state index in [4.69, 9.17) is 14.2 Å². The van der Waals surface area contributed by atoms with Crippen LogP contribution in [0.25, 0.3) is 0 Å². The summed E-state index contributed by atoms with van der Waals surface area (Å²) in [6, 6.07) is 5.41. The summed E-state index contributed by atoms with van der Waals surface area (Å²) in [7, 11) is 0. The standard InChI is InChI=1S/C23H22F3NO7/c1-10(28)16-9-14-18(20(30)13-6-4-3-5-12(13)19(14)29)21(33-16)34-17-8-7-15(11(2)32-17)27-22(31)23(24,25)26/h3-6,11,15-17,21H,7-9H2,1-2H3,(H,27,31)/t11-,15-,16-,17-,21+/m0/s1. The molecule has 1 fully saturated rings. The molecule has 3 aliphatic rings. The lowest BCUT2D eigenvalue weighted by Crippen LogP contribution is -2.52. The number of benzene rings is 1. The Labute approximate surface area is 192 Å². The second-order valence-corrected chi connectivity index (χ2v) is 8.43. The summed E-state index contributed by atoms with van der Waals surface area (Å²) in [5.41, 5.74) is 0.557. The summed E-state index contributed by atoms with van der Waals surface area (Å²) in [5.74, 6) is -3.27. The fraction of sp³-hybridized carbons (Fsp3) is 0.478. The first-order valence-corrected chi connectivity index (χ1v) is 10.7. The van der Waals surface area contributed by atoms with Crippen LogP contribution >= 0.6 is 0 Å². The molecule has 0 aromatic heterocycles. The van der Waals surface area contributed by atoms with E-state index in [-0.39, 0.29) is 53.1 Å². The van der Waals surface area contributed by atoms with Crippen molar-refractivity contribution < 1.29 is 46.6 Å². The van der Waals surface area contributed by atoms with Gasteiger partial charge in [-0.15, -0.1) is 0 Å². The second kappa shape index (κ2) is 9.05. The van der Waals surface area contributed by atoms with Crippen LogP contribution in [0, 0.1) is 0 Å². The number of ketones is 3. The molecule has 0 saturated carbocycles. The van der Waals surface area contributed by atoms with Crippen LogP contribution in [0.2, 0.25) is 0 Å². The Kier molecular flexibility index (Phi) is 6.45. The highest BCUT2D eigenvalue weighted by Crippen LogP contribution is 2.37. The summed E-state index contributed by atoms with van der Waals surface area (Å²) in [6.45, 7) is 2.77. The van der Waals surface area contributed by atoms with Gasteiger partial charge in [0.1, 0.15) is 6.10 Å². The number of ether oxygens (including phenoxy) is 3. The largest absolute Gasteiger partial charge is 0.471 e. The van der Waals surface area contributed by atoms with Crippen molar-refractivity contribution in [2.24, 2.45) is 0 Å². The third kappa shape index (κ3) is 4.55. The van der Waals surface area contributed by atoms with E-state index >= 15 is 0 Å². The lowest BCUT2D eigenvalue weighted by Gasteiger charge is -2.39. The highest BCUT2D eigenvalue weighted by molar-refractivity contribution is 6.27. The van der Waals surface area contributed by atoms with E-state index in [1.807, 2.05) is 5.32 Å². The third-order valence-electron chi connectivity index (χ3n) is 6.12. The quantitative estimate of drug-likeness (QED) is 0.705. The highest BCUT2D eigenvalue weighted by atomic mass is 19.4. The molecule has 1 aromatic rings. The Hall–Kier alpha value is -2.89. The molecular weight excluding hydrogens is 459 g/mol. The van der Waals surface area contributed by atoms with Crippen LogP contribution in [0.1, 0.15) is 53.8 Å². The molecule has 8 nitrogen and oxygen atoms in total. The topological polar surface area (TPSA) is 108 Å². The lowest BCUT2D eigenvalue weighted by atomic mass is 9.80. The van der Waals surface area contributed by atoms with Crippen molar-refractivity contribution in [3.05, 3.63) is 46.5 Å². The number of hydrogen-bond acceptors (Lipinski definition) is 7. The third-order valence-corrected chi connectivity index (χ3v) is 6.12. The van der Waals surface area contributed by atoms with Crippen LogP contribution in [0.15, 0.2) is 35.4 Å². The van der Waals surface area contributed by atoms with Gasteiger partial charge in [-0.1, -0.05) is 24.3 Å². The van der Waals surface area contributed by atoms with Gasteiger partial charge in [0, 0.05) is 29.5 Å².